The number of fused-ring (bicyclic) bond motifs is 1. The molecule has 24 nitrogen and oxygen atoms in total. The molecule has 2 heterocycles. The van der Waals surface area contributed by atoms with Crippen LogP contribution in [0.25, 0.3) is 0 Å². The molecule has 25 heteroatoms. The van der Waals surface area contributed by atoms with Crippen LogP contribution >= 0.6 is 11.8 Å². The van der Waals surface area contributed by atoms with Gasteiger partial charge in [0.25, 0.3) is 5.91 Å². The Balaban J connectivity index is 2.15. The van der Waals surface area contributed by atoms with Gasteiger partial charge in [-0.2, -0.15) is 0 Å². The number of nitrogens with one attached hydrogen (secondary N) is 4. The molecule has 0 spiro atoms. The zero-order valence-corrected chi connectivity index (χ0v) is 29.7. The second-order valence-corrected chi connectivity index (χ2v) is 13.1. The first-order chi connectivity index (χ1) is 25.4. The molecule has 0 aromatic rings. The number of aliphatic hydroxyl groups is 3. The molecule has 17 N–H and O–H groups in total. The number of esters is 1. The highest BCUT2D eigenvalue weighted by molar-refractivity contribution is 8.00. The molecule has 5 amide bonds. The summed E-state index contributed by atoms with van der Waals surface area (Å²) in [4.78, 5) is 103. The number of guanidine groups is 1. The summed E-state index contributed by atoms with van der Waals surface area (Å²) in [7, 11) is 0. The number of ether oxygens (including phenoxy) is 1. The highest BCUT2D eigenvalue weighted by Gasteiger charge is 2.66. The molecular weight excluding hydrogens is 744 g/mol. The highest BCUT2D eigenvalue weighted by Crippen LogP contribution is 2.45. The minimum absolute atomic E-state index is 0.0222. The van der Waals surface area contributed by atoms with E-state index >= 15 is 0 Å². The number of aliphatic imine (C=N–C) groups is 1. The molecular formula is C29H46N10O14S. The number of amides is 5. The van der Waals surface area contributed by atoms with Crippen LogP contribution in [0.15, 0.2) is 16.3 Å². The van der Waals surface area contributed by atoms with Crippen LogP contribution in [0.3, 0.4) is 0 Å². The number of rotatable bonds is 24. The van der Waals surface area contributed by atoms with Crippen molar-refractivity contribution >= 4 is 65.7 Å². The number of hydrogen-bond acceptors (Lipinski definition) is 16. The summed E-state index contributed by atoms with van der Waals surface area (Å²) >= 11 is 0.931. The van der Waals surface area contributed by atoms with Gasteiger partial charge < -0.3 is 74.5 Å². The van der Waals surface area contributed by atoms with Crippen LogP contribution in [0.2, 0.25) is 0 Å². The SMILES string of the molecule is NC(N)=NCCC[C@H](NC(=O)[C@H](CO)NC(=O)[C@@H](N)CO)[C@H](O)CC(=O)OCC1=C(C(=O)O)N2C(=O)[C@@](NC=O)(NC(=O)CCC[C@@H](N)C(=O)O)[C@H]2SC1. The summed E-state index contributed by atoms with van der Waals surface area (Å²) in [5.74, 6) is -8.00. The van der Waals surface area contributed by atoms with Crippen LogP contribution < -0.4 is 44.2 Å². The van der Waals surface area contributed by atoms with E-state index in [1.54, 1.807) is 0 Å². The monoisotopic (exact) mass is 790 g/mol. The largest absolute Gasteiger partial charge is 0.480 e. The van der Waals surface area contributed by atoms with Crippen molar-refractivity contribution in [2.45, 2.75) is 79.8 Å². The minimum atomic E-state index is -2.03. The van der Waals surface area contributed by atoms with Crippen molar-refractivity contribution in [1.29, 1.82) is 0 Å². The summed E-state index contributed by atoms with van der Waals surface area (Å²) in [6.07, 6.45) is -2.37. The Labute approximate surface area is 311 Å². The van der Waals surface area contributed by atoms with Crippen molar-refractivity contribution in [3.05, 3.63) is 11.3 Å². The minimum Gasteiger partial charge on any atom is -0.480 e. The Hall–Kier alpha value is -5.08. The third-order valence-electron chi connectivity index (χ3n) is 8.11. The van der Waals surface area contributed by atoms with Gasteiger partial charge in [-0.05, 0) is 25.7 Å². The number of β-lactam (4-membered cyclic amide) rings is 1. The van der Waals surface area contributed by atoms with Crippen LogP contribution in [-0.2, 0) is 43.1 Å². The molecule has 2 rings (SSSR count). The van der Waals surface area contributed by atoms with Gasteiger partial charge in [-0.1, -0.05) is 0 Å². The van der Waals surface area contributed by atoms with Crippen LogP contribution in [-0.4, -0.2) is 158 Å². The molecule has 1 saturated heterocycles. The third-order valence-corrected chi connectivity index (χ3v) is 9.50. The summed E-state index contributed by atoms with van der Waals surface area (Å²) < 4.78 is 5.22. The Bertz CT molecular complexity index is 1490. The number of aliphatic carboxylic acids is 2. The van der Waals surface area contributed by atoms with Crippen molar-refractivity contribution in [3.8, 4) is 0 Å². The first kappa shape index (κ1) is 45.1. The fourth-order valence-electron chi connectivity index (χ4n) is 5.25. The van der Waals surface area contributed by atoms with Crippen molar-refractivity contribution in [2.75, 3.05) is 32.1 Å². The van der Waals surface area contributed by atoms with Crippen molar-refractivity contribution in [3.63, 3.8) is 0 Å². The number of aliphatic hydroxyl groups excluding tert-OH is 3. The maximum atomic E-state index is 13.4. The molecule has 302 valence electrons. The molecule has 2 aliphatic rings. The lowest BCUT2D eigenvalue weighted by molar-refractivity contribution is -0.162. The average molecular weight is 791 g/mol. The van der Waals surface area contributed by atoms with E-state index in [4.69, 9.17) is 37.9 Å². The summed E-state index contributed by atoms with van der Waals surface area (Å²) in [5.41, 5.74) is 18.8. The Kier molecular flexibility index (Phi) is 17.5. The number of hydrogen-bond donors (Lipinski definition) is 13. The lowest BCUT2D eigenvalue weighted by atomic mass is 9.94. The van der Waals surface area contributed by atoms with E-state index < -0.39 is 115 Å². The molecule has 0 unspecified atom stereocenters. The zero-order valence-electron chi connectivity index (χ0n) is 28.8. The van der Waals surface area contributed by atoms with E-state index in [9.17, 15) is 53.7 Å². The number of carbonyl (C=O) groups excluding carboxylic acids is 6. The molecule has 0 aromatic heterocycles. The van der Waals surface area contributed by atoms with Gasteiger partial charge in [-0.15, -0.1) is 11.8 Å². The zero-order chi connectivity index (χ0) is 40.7. The van der Waals surface area contributed by atoms with E-state index in [0.717, 1.165) is 16.7 Å². The van der Waals surface area contributed by atoms with Gasteiger partial charge in [0.2, 0.25) is 29.8 Å². The molecule has 0 radical (unpaired) electrons. The maximum Gasteiger partial charge on any atom is 0.352 e. The summed E-state index contributed by atoms with van der Waals surface area (Å²) in [5, 5.41) is 56.6. The first-order valence-electron chi connectivity index (χ1n) is 16.3. The normalized spacial score (nSPS) is 20.4. The van der Waals surface area contributed by atoms with Gasteiger partial charge in [0.05, 0.1) is 31.8 Å². The number of carboxylic acid groups (broad SMARTS) is 2. The van der Waals surface area contributed by atoms with Crippen LogP contribution in [0, 0.1) is 0 Å². The van der Waals surface area contributed by atoms with Gasteiger partial charge in [0.1, 0.15) is 35.8 Å². The van der Waals surface area contributed by atoms with E-state index in [2.05, 4.69) is 26.3 Å². The number of nitrogens with zero attached hydrogens (tertiary/aromatic N) is 2. The van der Waals surface area contributed by atoms with Crippen molar-refractivity contribution in [1.82, 2.24) is 26.2 Å². The van der Waals surface area contributed by atoms with Crippen LogP contribution in [0.4, 0.5) is 0 Å². The number of carboxylic acids is 2. The summed E-state index contributed by atoms with van der Waals surface area (Å²) in [6, 6.07) is -5.36. The smallest absolute Gasteiger partial charge is 0.352 e. The van der Waals surface area contributed by atoms with E-state index in [1.165, 1.54) is 0 Å². The maximum absolute atomic E-state index is 13.4. The Morgan fingerprint density at radius 1 is 1.02 bits per heavy atom. The Morgan fingerprint density at radius 2 is 1.70 bits per heavy atom. The van der Waals surface area contributed by atoms with Gasteiger partial charge >= 0.3 is 17.9 Å². The highest BCUT2D eigenvalue weighted by atomic mass is 32.2. The van der Waals surface area contributed by atoms with E-state index in [0.29, 0.717) is 0 Å². The van der Waals surface area contributed by atoms with Gasteiger partial charge in [0, 0.05) is 24.3 Å². The van der Waals surface area contributed by atoms with Crippen LogP contribution in [0.5, 0.6) is 0 Å². The number of nitrogens with two attached hydrogens (primary N) is 4. The molecule has 54 heavy (non-hydrogen) atoms. The molecule has 1 fully saturated rings. The fourth-order valence-corrected chi connectivity index (χ4v) is 6.66. The molecule has 0 aliphatic carbocycles. The lowest BCUT2D eigenvalue weighted by Gasteiger charge is -2.56. The van der Waals surface area contributed by atoms with E-state index in [1.807, 2.05) is 0 Å². The van der Waals surface area contributed by atoms with Crippen LogP contribution in [0.1, 0.15) is 38.5 Å². The third kappa shape index (κ3) is 12.0. The van der Waals surface area contributed by atoms with Crippen molar-refractivity contribution in [2.24, 2.45) is 27.9 Å². The molecule has 7 atom stereocenters. The quantitative estimate of drug-likeness (QED) is 0.00821. The Morgan fingerprint density at radius 3 is 2.28 bits per heavy atom. The average Bonchev–Trinajstić information content (AvgIpc) is 3.12. The van der Waals surface area contributed by atoms with Gasteiger partial charge in [-0.25, -0.2) is 4.79 Å². The molecule has 0 aromatic carbocycles. The summed E-state index contributed by atoms with van der Waals surface area (Å²) in [6.45, 7) is -2.24. The first-order valence-corrected chi connectivity index (χ1v) is 17.4. The second kappa shape index (κ2) is 21.0. The van der Waals surface area contributed by atoms with Gasteiger partial charge in [-0.3, -0.25) is 43.5 Å². The van der Waals surface area contributed by atoms with E-state index in [-0.39, 0.29) is 62.3 Å². The van der Waals surface area contributed by atoms with Crippen molar-refractivity contribution < 1.29 is 68.6 Å². The number of carbonyl (C=O) groups is 8. The lowest BCUT2D eigenvalue weighted by Crippen LogP contribution is -2.85. The standard InChI is InChI=1S/C29H46N10O14S/c30-14(24(48)49)3-1-5-19(44)38-29(35-12-42)26(52)39-21(25(50)51)13(11-54-27(29)39)10-53-20(45)7-18(43)16(4-2-6-34-28(32)33)36-23(47)17(9-41)37-22(46)15(31)8-40/h12,14-18,27,40-41,43H,1-11,30-31H2,(H,35,42)(H,36,47)(H,37,46)(H,38,44)(H,48,49)(H,50,51)(H4,32,33,34)/t14-,15+,16+,17+,18-,27-,29-/m1/s1. The molecule has 2 aliphatic heterocycles. The predicted molar refractivity (Wildman–Crippen MR) is 185 cm³/mol. The molecule has 0 saturated carbocycles. The predicted octanol–water partition coefficient (Wildman–Crippen LogP) is -6.99. The fraction of sp³-hybridized carbons (Fsp3) is 0.621. The molecule has 0 bridgehead atoms. The van der Waals surface area contributed by atoms with Gasteiger partial charge in [0.15, 0.2) is 5.96 Å². The topological polar surface area (TPSA) is 415 Å². The second-order valence-electron chi connectivity index (χ2n) is 12.1. The number of thioether (sulfide) groups is 1.